The third-order valence-electron chi connectivity index (χ3n) is 4.24. The summed E-state index contributed by atoms with van der Waals surface area (Å²) in [5.41, 5.74) is -1.07. The summed E-state index contributed by atoms with van der Waals surface area (Å²) in [7, 11) is -16.5. The van der Waals surface area contributed by atoms with E-state index in [1.54, 1.807) is 0 Å². The van der Waals surface area contributed by atoms with E-state index in [1.807, 2.05) is 0 Å². The Morgan fingerprint density at radius 2 is 1.71 bits per heavy atom. The molecule has 1 aliphatic rings. The zero-order valence-corrected chi connectivity index (χ0v) is 18.7. The molecule has 6 N–H and O–H groups in total. The van der Waals surface area contributed by atoms with Gasteiger partial charge in [-0.3, -0.25) is 18.9 Å². The van der Waals surface area contributed by atoms with Crippen LogP contribution in [0.3, 0.4) is 0 Å². The van der Waals surface area contributed by atoms with Gasteiger partial charge in [0.1, 0.15) is 6.10 Å². The number of aryl methyl sites for hydroxylation is 1. The highest BCUT2D eigenvalue weighted by molar-refractivity contribution is 7.66. The topological polar surface area (TPSA) is 244 Å². The van der Waals surface area contributed by atoms with Crippen LogP contribution in [0.15, 0.2) is 15.8 Å². The van der Waals surface area contributed by atoms with E-state index in [-0.39, 0.29) is 12.1 Å². The first kappa shape index (κ1) is 26.3. The molecule has 0 radical (unpaired) electrons. The molecule has 0 bridgehead atoms. The highest BCUT2D eigenvalue weighted by atomic mass is 31.3. The van der Waals surface area contributed by atoms with E-state index in [1.165, 1.54) is 20.0 Å². The molecule has 16 nitrogen and oxygen atoms in total. The second-order valence-corrected chi connectivity index (χ2v) is 11.1. The molecular weight excluding hydrogens is 489 g/mol. The van der Waals surface area contributed by atoms with Crippen LogP contribution >= 0.6 is 23.5 Å². The number of hydrogen-bond donors (Lipinski definition) is 6. The van der Waals surface area contributed by atoms with Gasteiger partial charge in [-0.2, -0.15) is 8.62 Å². The minimum atomic E-state index is -5.66. The first-order valence-corrected chi connectivity index (χ1v) is 12.9. The lowest BCUT2D eigenvalue weighted by Gasteiger charge is -2.19. The zero-order chi connectivity index (χ0) is 23.8. The molecular formula is C12H21N2O14P3. The molecule has 1 fully saturated rings. The van der Waals surface area contributed by atoms with Crippen molar-refractivity contribution in [3.8, 4) is 0 Å². The Morgan fingerprint density at radius 1 is 1.10 bits per heavy atom. The highest BCUT2D eigenvalue weighted by Crippen LogP contribution is 2.66. The number of nitrogens with one attached hydrogen (secondary N) is 1. The predicted molar refractivity (Wildman–Crippen MR) is 99.7 cm³/mol. The summed E-state index contributed by atoms with van der Waals surface area (Å²) < 4.78 is 52.1. The summed E-state index contributed by atoms with van der Waals surface area (Å²) in [4.78, 5) is 61.0. The number of phosphoric acid groups is 3. The lowest BCUT2D eigenvalue weighted by molar-refractivity contribution is -0.0191. The summed E-state index contributed by atoms with van der Waals surface area (Å²) in [6.07, 6.45) is -1.91. The minimum absolute atomic E-state index is 0.173. The van der Waals surface area contributed by atoms with E-state index in [0.717, 1.165) is 4.57 Å². The monoisotopic (exact) mass is 510 g/mol. The molecule has 1 aliphatic heterocycles. The van der Waals surface area contributed by atoms with E-state index in [9.17, 15) is 33.3 Å². The number of ether oxygens (including phenoxy) is 1. The van der Waals surface area contributed by atoms with E-state index in [2.05, 4.69) is 18.1 Å². The molecule has 0 spiro atoms. The third kappa shape index (κ3) is 7.53. The number of aromatic amines is 1. The first-order chi connectivity index (χ1) is 14.0. The van der Waals surface area contributed by atoms with Crippen LogP contribution < -0.4 is 11.2 Å². The Hall–Kier alpha value is -0.990. The van der Waals surface area contributed by atoms with Crippen LogP contribution in [0.4, 0.5) is 0 Å². The van der Waals surface area contributed by atoms with Gasteiger partial charge in [0.05, 0.1) is 25.4 Å². The fourth-order valence-corrected chi connectivity index (χ4v) is 5.78. The van der Waals surface area contributed by atoms with Gasteiger partial charge in [0.15, 0.2) is 0 Å². The van der Waals surface area contributed by atoms with Crippen molar-refractivity contribution in [3.05, 3.63) is 32.6 Å². The fourth-order valence-electron chi connectivity index (χ4n) is 2.75. The molecule has 1 aromatic rings. The second-order valence-electron chi connectivity index (χ2n) is 6.67. The van der Waals surface area contributed by atoms with Crippen LogP contribution in [-0.2, 0) is 38.1 Å². The second kappa shape index (κ2) is 9.48. The van der Waals surface area contributed by atoms with Gasteiger partial charge in [0, 0.05) is 17.7 Å². The molecule has 19 heteroatoms. The maximum absolute atomic E-state index is 11.9. The van der Waals surface area contributed by atoms with Gasteiger partial charge in [-0.15, -0.1) is 0 Å². The normalized spacial score (nSPS) is 28.2. The van der Waals surface area contributed by atoms with Crippen LogP contribution in [0.25, 0.3) is 0 Å². The summed E-state index contributed by atoms with van der Waals surface area (Å²) in [5.74, 6) is -0.697. The predicted octanol–water partition coefficient (Wildman–Crippen LogP) is -1.05. The molecule has 1 saturated heterocycles. The fraction of sp³-hybridized carbons (Fsp3) is 0.667. The quantitative estimate of drug-likeness (QED) is 0.217. The largest absolute Gasteiger partial charge is 0.490 e. The van der Waals surface area contributed by atoms with Crippen molar-refractivity contribution in [2.24, 2.45) is 5.92 Å². The van der Waals surface area contributed by atoms with Gasteiger partial charge in [-0.05, 0) is 6.92 Å². The molecule has 1 aromatic heterocycles. The number of phosphoric ester groups is 1. The van der Waals surface area contributed by atoms with Crippen molar-refractivity contribution in [3.63, 3.8) is 0 Å². The average Bonchev–Trinajstić information content (AvgIpc) is 2.82. The summed E-state index contributed by atoms with van der Waals surface area (Å²) >= 11 is 0. The summed E-state index contributed by atoms with van der Waals surface area (Å²) in [5, 5.41) is 10.3. The van der Waals surface area contributed by atoms with Crippen LogP contribution in [0.2, 0.25) is 0 Å². The van der Waals surface area contributed by atoms with Gasteiger partial charge >= 0.3 is 29.2 Å². The molecule has 2 unspecified atom stereocenters. The number of H-pyrrole nitrogens is 1. The van der Waals surface area contributed by atoms with E-state index in [4.69, 9.17) is 19.4 Å². The standard InChI is InChI=1S/C12H21N2O14P3/c1-6-3-14(12(17)13-11(6)16)4-8-10(15)7(2)9(26-8)5-25-30(21,22)28-31(23,24)27-29(18,19)20/h3,7-10,15H,4-5H2,1-2H3,(H,21,22)(H,23,24)(H,13,16,17)(H2,18,19,20)/t7-,8+,9-,10-/m1/s1. The van der Waals surface area contributed by atoms with Crippen LogP contribution in [-0.4, -0.2) is 59.2 Å². The molecule has 0 aliphatic carbocycles. The number of aliphatic hydroxyl groups excluding tert-OH is 1. The van der Waals surface area contributed by atoms with Gasteiger partial charge in [-0.1, -0.05) is 6.92 Å². The molecule has 6 atom stereocenters. The van der Waals surface area contributed by atoms with Gasteiger partial charge in [0.2, 0.25) is 0 Å². The zero-order valence-electron chi connectivity index (χ0n) is 16.0. The lowest BCUT2D eigenvalue weighted by Crippen LogP contribution is -2.37. The number of nitrogens with zero attached hydrogens (tertiary/aromatic N) is 1. The Kier molecular flexibility index (Phi) is 8.03. The van der Waals surface area contributed by atoms with Crippen molar-refractivity contribution >= 4 is 23.5 Å². The van der Waals surface area contributed by atoms with Gasteiger partial charge < -0.3 is 29.4 Å². The maximum atomic E-state index is 11.9. The van der Waals surface area contributed by atoms with Crippen LogP contribution in [0.5, 0.6) is 0 Å². The SMILES string of the molecule is Cc1cn(C[C@@H]2O[C@H](COP(=O)(O)OP(=O)(O)OP(=O)(O)O)[C@@H](C)[C@H]2O)c(=O)[nH]c1=O. The average molecular weight is 510 g/mol. The molecule has 31 heavy (non-hydrogen) atoms. The van der Waals surface area contributed by atoms with Crippen molar-refractivity contribution < 1.29 is 56.3 Å². The molecule has 2 heterocycles. The maximum Gasteiger partial charge on any atom is 0.490 e. The number of rotatable bonds is 9. The Morgan fingerprint density at radius 3 is 2.29 bits per heavy atom. The highest BCUT2D eigenvalue weighted by Gasteiger charge is 2.44. The van der Waals surface area contributed by atoms with Gasteiger partial charge in [0.25, 0.3) is 5.56 Å². The summed E-state index contributed by atoms with van der Waals surface area (Å²) in [6, 6.07) is 0. The first-order valence-electron chi connectivity index (χ1n) is 8.42. The Labute approximate surface area is 173 Å². The smallest absolute Gasteiger partial charge is 0.390 e. The number of hydrogen-bond acceptors (Lipinski definition) is 10. The van der Waals surface area contributed by atoms with E-state index >= 15 is 0 Å². The Balaban J connectivity index is 2.02. The van der Waals surface area contributed by atoms with E-state index < -0.39 is 65.6 Å². The summed E-state index contributed by atoms with van der Waals surface area (Å²) in [6.45, 7) is 2.05. The van der Waals surface area contributed by atoms with Gasteiger partial charge in [-0.25, -0.2) is 18.5 Å². The minimum Gasteiger partial charge on any atom is -0.390 e. The molecule has 0 saturated carbocycles. The van der Waals surface area contributed by atoms with Crippen molar-refractivity contribution in [1.82, 2.24) is 9.55 Å². The van der Waals surface area contributed by atoms with Crippen LogP contribution in [0, 0.1) is 12.8 Å². The lowest BCUT2D eigenvalue weighted by atomic mass is 9.99. The van der Waals surface area contributed by atoms with Crippen LogP contribution in [0.1, 0.15) is 12.5 Å². The third-order valence-corrected chi connectivity index (χ3v) is 8.04. The Bertz CT molecular complexity index is 1060. The molecule has 0 aromatic carbocycles. The molecule has 0 amide bonds. The number of aliphatic hydroxyl groups is 1. The number of aromatic nitrogens is 2. The van der Waals surface area contributed by atoms with E-state index in [0.29, 0.717) is 0 Å². The molecule has 178 valence electrons. The molecule has 2 rings (SSSR count). The van der Waals surface area contributed by atoms with Crippen molar-refractivity contribution in [2.75, 3.05) is 6.61 Å². The van der Waals surface area contributed by atoms with Crippen molar-refractivity contribution in [2.45, 2.75) is 38.7 Å². The van der Waals surface area contributed by atoms with Crippen molar-refractivity contribution in [1.29, 1.82) is 0 Å².